The molecule has 0 aliphatic heterocycles. The third-order valence-electron chi connectivity index (χ3n) is 5.91. The molecule has 12 heteroatoms. The second-order valence-electron chi connectivity index (χ2n) is 12.8. The molecule has 1 amide bonds. The molecule has 2 aromatic heterocycles. The average molecular weight is 557 g/mol. The maximum atomic E-state index is 13.3. The fourth-order valence-electron chi connectivity index (χ4n) is 3.05. The quantitative estimate of drug-likeness (QED) is 0.161. The Kier molecular flexibility index (Phi) is 9.39. The minimum absolute atomic E-state index is 0.0339. The molecule has 12 nitrogen and oxygen atoms in total. The van der Waals surface area contributed by atoms with E-state index in [1.807, 2.05) is 41.5 Å². The first-order valence-corrected chi connectivity index (χ1v) is 13.1. The van der Waals surface area contributed by atoms with Gasteiger partial charge in [0, 0.05) is 62.3 Å². The molecule has 2 rings (SSSR count). The molecular weight excluding hydrogens is 512 g/mol. The molecule has 0 spiro atoms. The first-order chi connectivity index (χ1) is 18.1. The fourth-order valence-corrected chi connectivity index (χ4v) is 3.05. The Hall–Kier alpha value is -3.96. The van der Waals surface area contributed by atoms with Crippen molar-refractivity contribution in [1.29, 1.82) is 0 Å². The predicted molar refractivity (Wildman–Crippen MR) is 152 cm³/mol. The van der Waals surface area contributed by atoms with Crippen molar-refractivity contribution in [1.82, 2.24) is 25.3 Å². The van der Waals surface area contributed by atoms with Crippen LogP contribution in [0.2, 0.25) is 0 Å². The van der Waals surface area contributed by atoms with Gasteiger partial charge in [0.15, 0.2) is 28.3 Å². The van der Waals surface area contributed by atoms with E-state index >= 15 is 0 Å². The van der Waals surface area contributed by atoms with Crippen molar-refractivity contribution in [3.05, 3.63) is 50.8 Å². The molecule has 40 heavy (non-hydrogen) atoms. The highest BCUT2D eigenvalue weighted by molar-refractivity contribution is 5.99. The van der Waals surface area contributed by atoms with Crippen molar-refractivity contribution in [3.63, 3.8) is 0 Å². The number of nitrogens with zero attached hydrogens (tertiary/aromatic N) is 7. The van der Waals surface area contributed by atoms with Crippen LogP contribution in [0.3, 0.4) is 0 Å². The number of nitrogens with one attached hydrogen (secondary N) is 1. The van der Waals surface area contributed by atoms with E-state index in [4.69, 9.17) is 0 Å². The molecule has 218 valence electrons. The van der Waals surface area contributed by atoms with Crippen molar-refractivity contribution in [3.8, 4) is 0 Å². The van der Waals surface area contributed by atoms with Gasteiger partial charge in [0.1, 0.15) is 0 Å². The van der Waals surface area contributed by atoms with Gasteiger partial charge in [-0.2, -0.15) is 0 Å². The zero-order chi connectivity index (χ0) is 30.8. The van der Waals surface area contributed by atoms with E-state index < -0.39 is 22.5 Å². The van der Waals surface area contributed by atoms with Crippen molar-refractivity contribution in [2.24, 2.45) is 0 Å². The Labute approximate surface area is 236 Å². The van der Waals surface area contributed by atoms with Gasteiger partial charge in [-0.15, -0.1) is 0 Å². The monoisotopic (exact) mass is 556 g/mol. The molecule has 2 heterocycles. The second kappa shape index (κ2) is 11.6. The predicted octanol–water partition coefficient (Wildman–Crippen LogP) is 3.09. The number of hydrogen-bond donors (Lipinski definition) is 3. The van der Waals surface area contributed by atoms with Gasteiger partial charge in [0.25, 0.3) is 5.91 Å². The van der Waals surface area contributed by atoms with E-state index in [2.05, 4.69) is 25.3 Å². The van der Waals surface area contributed by atoms with E-state index in [0.29, 0.717) is 38.9 Å². The van der Waals surface area contributed by atoms with Gasteiger partial charge in [-0.1, -0.05) is 0 Å². The summed E-state index contributed by atoms with van der Waals surface area (Å²) in [5.41, 5.74) is 1.09. The summed E-state index contributed by atoms with van der Waals surface area (Å²) < 4.78 is 2.80. The number of aromatic nitrogens is 4. The lowest BCUT2D eigenvalue weighted by Crippen LogP contribution is -2.33. The van der Waals surface area contributed by atoms with Crippen LogP contribution in [0.25, 0.3) is 0 Å². The topological polar surface area (TPSA) is 153 Å². The average Bonchev–Trinajstić information content (AvgIpc) is 2.79. The first kappa shape index (κ1) is 32.3. The Bertz CT molecular complexity index is 1370. The van der Waals surface area contributed by atoms with Crippen LogP contribution in [-0.2, 0) is 6.54 Å². The van der Waals surface area contributed by atoms with Gasteiger partial charge < -0.3 is 10.5 Å². The maximum absolute atomic E-state index is 13.3. The van der Waals surface area contributed by atoms with Gasteiger partial charge in [-0.3, -0.25) is 20.2 Å². The van der Waals surface area contributed by atoms with Crippen molar-refractivity contribution in [2.45, 2.75) is 106 Å². The molecular formula is C28H44N8O4+2. The summed E-state index contributed by atoms with van der Waals surface area (Å²) in [7, 11) is 0. The van der Waals surface area contributed by atoms with Crippen molar-refractivity contribution >= 4 is 24.6 Å². The summed E-state index contributed by atoms with van der Waals surface area (Å²) >= 11 is 0. The van der Waals surface area contributed by atoms with Crippen LogP contribution >= 0.6 is 0 Å². The van der Waals surface area contributed by atoms with Crippen LogP contribution in [0, 0.1) is 26.0 Å². The summed E-state index contributed by atoms with van der Waals surface area (Å²) in [6, 6.07) is 0. The number of hydrogen-bond acceptors (Lipinski definition) is 8. The van der Waals surface area contributed by atoms with E-state index in [-0.39, 0.29) is 17.9 Å². The third kappa shape index (κ3) is 8.27. The third-order valence-corrected chi connectivity index (χ3v) is 5.91. The second-order valence-corrected chi connectivity index (χ2v) is 12.8. The Morgan fingerprint density at radius 2 is 1.20 bits per heavy atom. The zero-order valence-electron chi connectivity index (χ0n) is 25.8. The van der Waals surface area contributed by atoms with Crippen LogP contribution < -0.4 is 5.32 Å². The van der Waals surface area contributed by atoms with Gasteiger partial charge in [-0.05, 0) is 30.2 Å². The summed E-state index contributed by atoms with van der Waals surface area (Å²) in [6.45, 7) is 21.5. The molecule has 0 saturated heterocycles. The Balaban J connectivity index is 2.48. The highest BCUT2D eigenvalue weighted by Gasteiger charge is 2.28. The molecule has 3 N–H and O–H groups in total. The van der Waals surface area contributed by atoms with Crippen LogP contribution in [0.15, 0.2) is 0 Å². The SMILES string of the molecule is Cc1nc(CNC(=O)c2nc(C)c(/C=[N+](\O)C(C)(C)C)nc2/C=[N+](\[O-])C(C)(C)C)c(C)nc1/C=[N+](\O)C(C)(C)C. The van der Waals surface area contributed by atoms with E-state index in [1.54, 1.807) is 41.5 Å². The number of amides is 1. The lowest BCUT2D eigenvalue weighted by atomic mass is 10.1. The van der Waals surface area contributed by atoms with Gasteiger partial charge >= 0.3 is 0 Å². The Morgan fingerprint density at radius 1 is 0.725 bits per heavy atom. The molecule has 0 unspecified atom stereocenters. The molecule has 0 aliphatic carbocycles. The Morgan fingerprint density at radius 3 is 1.68 bits per heavy atom. The van der Waals surface area contributed by atoms with Crippen LogP contribution in [0.4, 0.5) is 0 Å². The lowest BCUT2D eigenvalue weighted by molar-refractivity contribution is -0.816. The summed E-state index contributed by atoms with van der Waals surface area (Å²) in [5, 5.41) is 36.3. The number of hydroxylamine groups is 3. The molecule has 0 atom stereocenters. The number of carbonyl (C=O) groups is 1. The summed E-state index contributed by atoms with van der Waals surface area (Å²) in [4.78, 5) is 31.4. The van der Waals surface area contributed by atoms with Gasteiger partial charge in [-0.25, -0.2) is 19.7 Å². The molecule has 0 aliphatic rings. The van der Waals surface area contributed by atoms with E-state index in [9.17, 15) is 20.4 Å². The fraction of sp³-hybridized carbons (Fsp3) is 0.571. The van der Waals surface area contributed by atoms with Crippen molar-refractivity contribution < 1.29 is 29.4 Å². The minimum Gasteiger partial charge on any atom is -0.623 e. The zero-order valence-corrected chi connectivity index (χ0v) is 25.8. The van der Waals surface area contributed by atoms with E-state index in [0.717, 1.165) is 9.48 Å². The van der Waals surface area contributed by atoms with Crippen LogP contribution in [-0.4, -0.2) is 85.7 Å². The molecule has 0 bridgehead atoms. The molecule has 0 saturated carbocycles. The van der Waals surface area contributed by atoms with Crippen molar-refractivity contribution in [2.75, 3.05) is 0 Å². The minimum atomic E-state index is -0.779. The molecule has 2 aromatic rings. The highest BCUT2D eigenvalue weighted by atomic mass is 16.5. The van der Waals surface area contributed by atoms with E-state index in [1.165, 1.54) is 18.6 Å². The van der Waals surface area contributed by atoms with Crippen LogP contribution in [0.1, 0.15) is 113 Å². The number of carbonyl (C=O) groups excluding carboxylic acids is 1. The smallest absolute Gasteiger partial charge is 0.272 e. The van der Waals surface area contributed by atoms with Crippen LogP contribution in [0.5, 0.6) is 0 Å². The largest absolute Gasteiger partial charge is 0.623 e. The van der Waals surface area contributed by atoms with Gasteiger partial charge in [0.2, 0.25) is 29.7 Å². The lowest BCUT2D eigenvalue weighted by Gasteiger charge is -2.19. The first-order valence-electron chi connectivity index (χ1n) is 13.1. The molecule has 0 fully saturated rings. The molecule has 0 radical (unpaired) electrons. The van der Waals surface area contributed by atoms with Gasteiger partial charge in [0.05, 0.1) is 29.3 Å². The highest BCUT2D eigenvalue weighted by Crippen LogP contribution is 2.13. The molecule has 0 aromatic carbocycles. The number of aryl methyl sites for hydroxylation is 3. The number of rotatable bonds is 6. The maximum Gasteiger partial charge on any atom is 0.272 e. The summed E-state index contributed by atoms with van der Waals surface area (Å²) in [6.07, 6.45) is 4.17. The normalized spacial score (nSPS) is 13.9. The summed E-state index contributed by atoms with van der Waals surface area (Å²) in [5.74, 6) is -0.545. The standard InChI is InChI=1S/C28H43N8O4/c1-17-20(30-18(2)21(31-17)14-34(38)26(4,5)6)13-29-25(37)24-23(16-36(40)28(10,11)12)33-22(19(3)32-24)15-35(39)27(7,8)9/h14-16H,13H2,1-12H3,(H2-,29,31,33,37,38,39)/q+1/p+1/b36-16-.